The Bertz CT molecular complexity index is 640. The van der Waals surface area contributed by atoms with E-state index < -0.39 is 0 Å². The van der Waals surface area contributed by atoms with Crippen LogP contribution >= 0.6 is 15.9 Å². The van der Waals surface area contributed by atoms with Crippen molar-refractivity contribution in [2.24, 2.45) is 0 Å². The van der Waals surface area contributed by atoms with Crippen molar-refractivity contribution in [2.45, 2.75) is 46.0 Å². The average Bonchev–Trinajstić information content (AvgIpc) is 2.81. The molecule has 1 heteroatoms. The first-order chi connectivity index (χ1) is 9.76. The largest absolute Gasteiger partial charge is 0.0651 e. The van der Waals surface area contributed by atoms with Crippen LogP contribution in [0, 0.1) is 0 Å². The van der Waals surface area contributed by atoms with Crippen LogP contribution in [0.4, 0.5) is 0 Å². The molecule has 0 radical (unpaired) electrons. The lowest BCUT2D eigenvalue weighted by Gasteiger charge is -2.16. The molecule has 20 heavy (non-hydrogen) atoms. The highest BCUT2D eigenvalue weighted by atomic mass is 79.9. The number of hydrogen-bond donors (Lipinski definition) is 0. The topological polar surface area (TPSA) is 0 Å². The van der Waals surface area contributed by atoms with Crippen LogP contribution in [0.2, 0.25) is 0 Å². The van der Waals surface area contributed by atoms with E-state index in [1.165, 1.54) is 46.8 Å². The molecule has 2 aromatic carbocycles. The molecule has 104 valence electrons. The van der Waals surface area contributed by atoms with Crippen molar-refractivity contribution in [3.63, 3.8) is 0 Å². The highest BCUT2D eigenvalue weighted by Gasteiger charge is 2.23. The third-order valence-corrected chi connectivity index (χ3v) is 5.00. The molecule has 0 nitrogen and oxygen atoms in total. The van der Waals surface area contributed by atoms with Crippen LogP contribution < -0.4 is 0 Å². The van der Waals surface area contributed by atoms with E-state index in [4.69, 9.17) is 0 Å². The maximum atomic E-state index is 3.82. The first kappa shape index (κ1) is 13.9. The van der Waals surface area contributed by atoms with E-state index >= 15 is 0 Å². The van der Waals surface area contributed by atoms with Gasteiger partial charge in [0.15, 0.2) is 0 Å². The number of hydrogen-bond acceptors (Lipinski definition) is 0. The summed E-state index contributed by atoms with van der Waals surface area (Å²) in [5, 5.41) is 0. The van der Waals surface area contributed by atoms with E-state index in [0.29, 0.717) is 0 Å². The maximum absolute atomic E-state index is 3.82. The van der Waals surface area contributed by atoms with Crippen LogP contribution in [0.15, 0.2) is 34.8 Å². The van der Waals surface area contributed by atoms with Crippen molar-refractivity contribution in [1.82, 2.24) is 0 Å². The summed E-state index contributed by atoms with van der Waals surface area (Å²) in [5.41, 5.74) is 9.11. The molecule has 1 aliphatic rings. The molecule has 3 rings (SSSR count). The molecule has 0 N–H and O–H groups in total. The summed E-state index contributed by atoms with van der Waals surface area (Å²) < 4.78 is 1.30. The zero-order valence-electron chi connectivity index (χ0n) is 12.3. The summed E-state index contributed by atoms with van der Waals surface area (Å²) in [4.78, 5) is 0. The number of fused-ring (bicyclic) bond motifs is 3. The van der Waals surface area contributed by atoms with Gasteiger partial charge in [-0.05, 0) is 58.7 Å². The summed E-state index contributed by atoms with van der Waals surface area (Å²) in [6, 6.07) is 11.2. The van der Waals surface area contributed by atoms with Crippen LogP contribution in [0.25, 0.3) is 11.1 Å². The fourth-order valence-electron chi connectivity index (χ4n) is 3.43. The van der Waals surface area contributed by atoms with Crippen molar-refractivity contribution in [3.05, 3.63) is 57.1 Å². The molecule has 0 aromatic heterocycles. The molecule has 0 heterocycles. The molecule has 0 atom stereocenters. The zero-order valence-corrected chi connectivity index (χ0v) is 13.9. The summed E-state index contributed by atoms with van der Waals surface area (Å²) in [6.45, 7) is 4.55. The van der Waals surface area contributed by atoms with Gasteiger partial charge in [-0.25, -0.2) is 0 Å². The molecule has 0 aliphatic heterocycles. The van der Waals surface area contributed by atoms with Crippen molar-refractivity contribution in [1.29, 1.82) is 0 Å². The van der Waals surface area contributed by atoms with Crippen molar-refractivity contribution >= 4 is 15.9 Å². The van der Waals surface area contributed by atoms with E-state index in [1.807, 2.05) is 0 Å². The van der Waals surface area contributed by atoms with Crippen molar-refractivity contribution in [3.8, 4) is 11.1 Å². The van der Waals surface area contributed by atoms with Crippen molar-refractivity contribution < 1.29 is 0 Å². The molecular weight excluding hydrogens is 308 g/mol. The first-order valence-corrected chi connectivity index (χ1v) is 8.47. The lowest BCUT2D eigenvalue weighted by Crippen LogP contribution is -2.01. The summed E-state index contributed by atoms with van der Waals surface area (Å²) in [7, 11) is 0. The van der Waals surface area contributed by atoms with Crippen molar-refractivity contribution in [2.75, 3.05) is 0 Å². The van der Waals surface area contributed by atoms with Crippen LogP contribution in [0.5, 0.6) is 0 Å². The number of rotatable bonds is 4. The van der Waals surface area contributed by atoms with Gasteiger partial charge >= 0.3 is 0 Å². The standard InChI is InChI=1S/C19H21Br/c1-3-7-15-16(8-4-2)19(20)12-18-14-10-6-5-9-13(14)11-17(15)18/h5-6,9-10,12H,3-4,7-8,11H2,1-2H3. The predicted molar refractivity (Wildman–Crippen MR) is 90.4 cm³/mol. The highest BCUT2D eigenvalue weighted by Crippen LogP contribution is 2.42. The third kappa shape index (κ3) is 2.22. The molecule has 0 saturated carbocycles. The van der Waals surface area contributed by atoms with E-state index in [-0.39, 0.29) is 0 Å². The monoisotopic (exact) mass is 328 g/mol. The second-order valence-electron chi connectivity index (χ2n) is 5.68. The second-order valence-corrected chi connectivity index (χ2v) is 6.53. The molecule has 0 spiro atoms. The van der Waals surface area contributed by atoms with E-state index in [0.717, 1.165) is 6.42 Å². The molecule has 0 saturated heterocycles. The normalized spacial score (nSPS) is 12.3. The van der Waals surface area contributed by atoms with Gasteiger partial charge in [0.05, 0.1) is 0 Å². The second kappa shape index (κ2) is 5.73. The molecule has 2 aromatic rings. The summed E-state index contributed by atoms with van der Waals surface area (Å²) in [6.07, 6.45) is 5.92. The Morgan fingerprint density at radius 2 is 1.65 bits per heavy atom. The van der Waals surface area contributed by atoms with Crippen LogP contribution in [0.1, 0.15) is 48.9 Å². The number of halogens is 1. The average molecular weight is 329 g/mol. The van der Waals surface area contributed by atoms with Crippen LogP contribution in [-0.4, -0.2) is 0 Å². The molecular formula is C19H21Br. The van der Waals surface area contributed by atoms with E-state index in [2.05, 4.69) is 60.1 Å². The third-order valence-electron chi connectivity index (χ3n) is 4.29. The fourth-order valence-corrected chi connectivity index (χ4v) is 4.10. The Hall–Kier alpha value is -1.08. The van der Waals surface area contributed by atoms with Gasteiger partial charge in [0.1, 0.15) is 0 Å². The quantitative estimate of drug-likeness (QED) is 0.557. The Morgan fingerprint density at radius 3 is 2.40 bits per heavy atom. The number of benzene rings is 2. The molecule has 1 aliphatic carbocycles. The zero-order chi connectivity index (χ0) is 14.1. The Balaban J connectivity index is 2.20. The lowest BCUT2D eigenvalue weighted by atomic mass is 9.91. The van der Waals surface area contributed by atoms with Gasteiger partial charge in [-0.2, -0.15) is 0 Å². The SMILES string of the molecule is CCCc1c(Br)cc2c(c1CCC)Cc1ccccc1-2. The minimum atomic E-state index is 1.12. The lowest BCUT2D eigenvalue weighted by molar-refractivity contribution is 0.847. The van der Waals surface area contributed by atoms with Crippen LogP contribution in [-0.2, 0) is 19.3 Å². The Morgan fingerprint density at radius 1 is 0.950 bits per heavy atom. The first-order valence-electron chi connectivity index (χ1n) is 7.67. The van der Waals surface area contributed by atoms with Gasteiger partial charge in [-0.1, -0.05) is 66.9 Å². The fraction of sp³-hybridized carbons (Fsp3) is 0.368. The summed E-state index contributed by atoms with van der Waals surface area (Å²) in [5.74, 6) is 0. The minimum Gasteiger partial charge on any atom is -0.0651 e. The predicted octanol–water partition coefficient (Wildman–Crippen LogP) is 5.93. The maximum Gasteiger partial charge on any atom is 0.0216 e. The van der Waals surface area contributed by atoms with Gasteiger partial charge < -0.3 is 0 Å². The van der Waals surface area contributed by atoms with E-state index in [9.17, 15) is 0 Å². The van der Waals surface area contributed by atoms with Gasteiger partial charge in [-0.15, -0.1) is 0 Å². The van der Waals surface area contributed by atoms with E-state index in [1.54, 1.807) is 16.7 Å². The molecule has 0 bridgehead atoms. The van der Waals surface area contributed by atoms with Gasteiger partial charge in [-0.3, -0.25) is 0 Å². The minimum absolute atomic E-state index is 1.12. The molecule has 0 amide bonds. The summed E-state index contributed by atoms with van der Waals surface area (Å²) >= 11 is 3.82. The molecule has 0 unspecified atom stereocenters. The van der Waals surface area contributed by atoms with Gasteiger partial charge in [0, 0.05) is 4.47 Å². The Kier molecular flexibility index (Phi) is 3.98. The van der Waals surface area contributed by atoms with Gasteiger partial charge in [0.25, 0.3) is 0 Å². The highest BCUT2D eigenvalue weighted by molar-refractivity contribution is 9.10. The Labute approximate surface area is 130 Å². The molecule has 0 fully saturated rings. The van der Waals surface area contributed by atoms with Crippen LogP contribution in [0.3, 0.4) is 0 Å². The smallest absolute Gasteiger partial charge is 0.0216 e. The van der Waals surface area contributed by atoms with Gasteiger partial charge in [0.2, 0.25) is 0 Å².